The number of hydrogen-bond donors (Lipinski definition) is 1. The number of sulfone groups is 1. The topological polar surface area (TPSA) is 54.4 Å². The molecule has 0 amide bonds. The molecule has 0 spiro atoms. The molecular formula is C14H20O3S. The van der Waals surface area contributed by atoms with Crippen molar-refractivity contribution in [3.8, 4) is 0 Å². The lowest BCUT2D eigenvalue weighted by Gasteiger charge is -2.14. The van der Waals surface area contributed by atoms with Gasteiger partial charge in [0.2, 0.25) is 0 Å². The monoisotopic (exact) mass is 268 g/mol. The predicted molar refractivity (Wildman–Crippen MR) is 72.1 cm³/mol. The number of benzene rings is 1. The third kappa shape index (κ3) is 4.10. The maximum Gasteiger partial charge on any atom is 0.150 e. The van der Waals surface area contributed by atoms with Crippen molar-refractivity contribution < 1.29 is 13.5 Å². The van der Waals surface area contributed by atoms with Crippen molar-refractivity contribution in [3.63, 3.8) is 0 Å². The molecule has 1 saturated heterocycles. The van der Waals surface area contributed by atoms with E-state index in [4.69, 9.17) is 0 Å². The summed E-state index contributed by atoms with van der Waals surface area (Å²) in [6, 6.07) is 10.1. The van der Waals surface area contributed by atoms with E-state index in [2.05, 4.69) is 0 Å². The highest BCUT2D eigenvalue weighted by molar-refractivity contribution is 7.91. The van der Waals surface area contributed by atoms with Crippen LogP contribution in [-0.2, 0) is 16.3 Å². The van der Waals surface area contributed by atoms with Crippen molar-refractivity contribution in [1.29, 1.82) is 0 Å². The Labute approximate surface area is 109 Å². The molecule has 3 nitrogen and oxygen atoms in total. The molecule has 0 saturated carbocycles. The van der Waals surface area contributed by atoms with Gasteiger partial charge in [0.05, 0.1) is 17.6 Å². The van der Waals surface area contributed by atoms with Gasteiger partial charge in [0.15, 0.2) is 9.84 Å². The van der Waals surface area contributed by atoms with Gasteiger partial charge in [-0.05, 0) is 37.2 Å². The zero-order valence-corrected chi connectivity index (χ0v) is 11.3. The molecule has 1 aliphatic rings. The molecule has 1 aromatic carbocycles. The SMILES string of the molecule is O=S1(=O)CCC(CC(O)CCc2ccccc2)C1. The van der Waals surface area contributed by atoms with Gasteiger partial charge in [-0.15, -0.1) is 0 Å². The van der Waals surface area contributed by atoms with Gasteiger partial charge >= 0.3 is 0 Å². The highest BCUT2D eigenvalue weighted by atomic mass is 32.2. The molecule has 4 heteroatoms. The standard InChI is InChI=1S/C14H20O3S/c15-14(7-6-12-4-2-1-3-5-12)10-13-8-9-18(16,17)11-13/h1-5,13-15H,6-11H2. The van der Waals surface area contributed by atoms with Crippen LogP contribution in [0.4, 0.5) is 0 Å². The van der Waals surface area contributed by atoms with Crippen LogP contribution in [0.1, 0.15) is 24.8 Å². The van der Waals surface area contributed by atoms with E-state index in [0.29, 0.717) is 25.0 Å². The first-order valence-electron chi connectivity index (χ1n) is 6.47. The fraction of sp³-hybridized carbons (Fsp3) is 0.571. The molecule has 0 bridgehead atoms. The van der Waals surface area contributed by atoms with Gasteiger partial charge in [-0.2, -0.15) is 0 Å². The minimum absolute atomic E-state index is 0.153. The van der Waals surface area contributed by atoms with Crippen LogP contribution in [0.5, 0.6) is 0 Å². The van der Waals surface area contributed by atoms with E-state index in [1.54, 1.807) is 0 Å². The molecule has 18 heavy (non-hydrogen) atoms. The van der Waals surface area contributed by atoms with Crippen LogP contribution in [0.3, 0.4) is 0 Å². The Bertz CT molecular complexity index is 467. The fourth-order valence-electron chi connectivity index (χ4n) is 2.54. The van der Waals surface area contributed by atoms with Crippen LogP contribution < -0.4 is 0 Å². The van der Waals surface area contributed by atoms with Gasteiger partial charge in [0, 0.05) is 0 Å². The summed E-state index contributed by atoms with van der Waals surface area (Å²) in [6.45, 7) is 0. The smallest absolute Gasteiger partial charge is 0.150 e. The van der Waals surface area contributed by atoms with Crippen molar-refractivity contribution in [2.45, 2.75) is 31.8 Å². The first-order valence-corrected chi connectivity index (χ1v) is 8.30. The number of rotatable bonds is 5. The Hall–Kier alpha value is -0.870. The number of aryl methyl sites for hydroxylation is 1. The predicted octanol–water partition coefficient (Wildman–Crippen LogP) is 1.80. The Morgan fingerprint density at radius 3 is 2.61 bits per heavy atom. The van der Waals surface area contributed by atoms with Gasteiger partial charge in [0.1, 0.15) is 0 Å². The zero-order chi connectivity index (χ0) is 13.0. The second-order valence-corrected chi connectivity index (χ2v) is 7.41. The summed E-state index contributed by atoms with van der Waals surface area (Å²) in [5.74, 6) is 0.708. The van der Waals surface area contributed by atoms with Crippen LogP contribution in [0.25, 0.3) is 0 Å². The largest absolute Gasteiger partial charge is 0.393 e. The van der Waals surface area contributed by atoms with Crippen LogP contribution >= 0.6 is 0 Å². The van der Waals surface area contributed by atoms with Crippen LogP contribution in [0, 0.1) is 5.92 Å². The summed E-state index contributed by atoms with van der Waals surface area (Å²) in [6.07, 6.45) is 2.50. The summed E-state index contributed by atoms with van der Waals surface area (Å²) in [5.41, 5.74) is 1.22. The highest BCUT2D eigenvalue weighted by Gasteiger charge is 2.29. The Morgan fingerprint density at radius 1 is 1.28 bits per heavy atom. The number of aliphatic hydroxyl groups excluding tert-OH is 1. The molecule has 1 aromatic rings. The second-order valence-electron chi connectivity index (χ2n) is 5.18. The van der Waals surface area contributed by atoms with Crippen molar-refractivity contribution >= 4 is 9.84 Å². The fourth-order valence-corrected chi connectivity index (χ4v) is 4.42. The van der Waals surface area contributed by atoms with Crippen molar-refractivity contribution in [2.24, 2.45) is 5.92 Å². The molecule has 2 unspecified atom stereocenters. The Balaban J connectivity index is 1.74. The molecule has 0 aromatic heterocycles. The summed E-state index contributed by atoms with van der Waals surface area (Å²) in [4.78, 5) is 0. The number of aliphatic hydroxyl groups is 1. The van der Waals surface area contributed by atoms with E-state index in [9.17, 15) is 13.5 Å². The molecule has 0 aliphatic carbocycles. The van der Waals surface area contributed by atoms with Crippen LogP contribution in [0.15, 0.2) is 30.3 Å². The van der Waals surface area contributed by atoms with Crippen molar-refractivity contribution in [2.75, 3.05) is 11.5 Å². The minimum atomic E-state index is -2.82. The molecule has 1 heterocycles. The first kappa shape index (κ1) is 13.6. The summed E-state index contributed by atoms with van der Waals surface area (Å²) >= 11 is 0. The van der Waals surface area contributed by atoms with Gasteiger partial charge < -0.3 is 5.11 Å². The van der Waals surface area contributed by atoms with Crippen LogP contribution in [-0.4, -0.2) is 31.1 Å². The molecular weight excluding hydrogens is 248 g/mol. The summed E-state index contributed by atoms with van der Waals surface area (Å²) in [7, 11) is -2.82. The summed E-state index contributed by atoms with van der Waals surface area (Å²) in [5, 5.41) is 9.95. The average molecular weight is 268 g/mol. The third-order valence-electron chi connectivity index (χ3n) is 3.54. The molecule has 1 aliphatic heterocycles. The Kier molecular flexibility index (Phi) is 4.40. The molecule has 1 N–H and O–H groups in total. The Morgan fingerprint density at radius 2 is 2.00 bits per heavy atom. The molecule has 1 fully saturated rings. The molecule has 2 rings (SSSR count). The van der Waals surface area contributed by atoms with Gasteiger partial charge in [-0.3, -0.25) is 0 Å². The van der Waals surface area contributed by atoms with E-state index in [0.717, 1.165) is 6.42 Å². The van der Waals surface area contributed by atoms with Gasteiger partial charge in [-0.1, -0.05) is 30.3 Å². The lowest BCUT2D eigenvalue weighted by atomic mass is 9.97. The normalized spacial score (nSPS) is 23.9. The average Bonchev–Trinajstić information content (AvgIpc) is 2.67. The van der Waals surface area contributed by atoms with E-state index in [1.807, 2.05) is 30.3 Å². The van der Waals surface area contributed by atoms with Crippen LogP contribution in [0.2, 0.25) is 0 Å². The van der Waals surface area contributed by atoms with Crippen molar-refractivity contribution in [1.82, 2.24) is 0 Å². The minimum Gasteiger partial charge on any atom is -0.393 e. The first-order chi connectivity index (χ1) is 8.55. The molecule has 0 radical (unpaired) electrons. The summed E-state index contributed by atoms with van der Waals surface area (Å²) < 4.78 is 22.6. The quantitative estimate of drug-likeness (QED) is 0.886. The van der Waals surface area contributed by atoms with E-state index in [1.165, 1.54) is 5.56 Å². The van der Waals surface area contributed by atoms with Gasteiger partial charge in [-0.25, -0.2) is 8.42 Å². The van der Waals surface area contributed by atoms with E-state index >= 15 is 0 Å². The van der Waals surface area contributed by atoms with E-state index < -0.39 is 9.84 Å². The molecule has 100 valence electrons. The van der Waals surface area contributed by atoms with E-state index in [-0.39, 0.29) is 17.8 Å². The number of hydrogen-bond acceptors (Lipinski definition) is 3. The maximum absolute atomic E-state index is 11.3. The van der Waals surface area contributed by atoms with Crippen molar-refractivity contribution in [3.05, 3.63) is 35.9 Å². The highest BCUT2D eigenvalue weighted by Crippen LogP contribution is 2.24. The second kappa shape index (κ2) is 5.85. The lowest BCUT2D eigenvalue weighted by Crippen LogP contribution is -2.15. The molecule has 2 atom stereocenters. The zero-order valence-electron chi connectivity index (χ0n) is 10.5. The van der Waals surface area contributed by atoms with Gasteiger partial charge in [0.25, 0.3) is 0 Å². The lowest BCUT2D eigenvalue weighted by molar-refractivity contribution is 0.137. The maximum atomic E-state index is 11.3. The third-order valence-corrected chi connectivity index (χ3v) is 5.38.